The summed E-state index contributed by atoms with van der Waals surface area (Å²) in [6.45, 7) is 3.39. The molecule has 2 aromatic rings. The van der Waals surface area contributed by atoms with Gasteiger partial charge in [-0.3, -0.25) is 0 Å². The van der Waals surface area contributed by atoms with Crippen LogP contribution >= 0.6 is 7.28 Å². The summed E-state index contributed by atoms with van der Waals surface area (Å²) in [5, 5.41) is 2.50. The molecule has 0 aliphatic rings. The molecule has 92 valence electrons. The summed E-state index contributed by atoms with van der Waals surface area (Å²) in [4.78, 5) is 20.5. The first kappa shape index (κ1) is 12.5. The predicted octanol–water partition coefficient (Wildman–Crippen LogP) is 2.41. The van der Waals surface area contributed by atoms with E-state index >= 15 is 0 Å². The van der Waals surface area contributed by atoms with E-state index in [1.165, 1.54) is 6.66 Å². The zero-order valence-corrected chi connectivity index (χ0v) is 10.9. The van der Waals surface area contributed by atoms with Crippen LogP contribution in [0.5, 0.6) is 0 Å². The quantitative estimate of drug-likeness (QED) is 0.825. The van der Waals surface area contributed by atoms with E-state index in [1.54, 1.807) is 19.1 Å². The van der Waals surface area contributed by atoms with Crippen LogP contribution in [0.25, 0.3) is 10.8 Å². The van der Waals surface area contributed by atoms with Gasteiger partial charge in [0.2, 0.25) is 0 Å². The second kappa shape index (κ2) is 4.04. The fourth-order valence-corrected chi connectivity index (χ4v) is 3.50. The Bertz CT molecular complexity index is 543. The van der Waals surface area contributed by atoms with Crippen molar-refractivity contribution in [2.75, 3.05) is 13.3 Å². The molecule has 0 saturated heterocycles. The van der Waals surface area contributed by atoms with E-state index in [-0.39, 0.29) is 6.61 Å². The summed E-state index contributed by atoms with van der Waals surface area (Å²) in [6, 6.07) is 13.2. The molecular formula is C13H17O3P. The van der Waals surface area contributed by atoms with Crippen molar-refractivity contribution < 1.29 is 14.3 Å². The van der Waals surface area contributed by atoms with E-state index in [9.17, 15) is 9.79 Å². The van der Waals surface area contributed by atoms with Crippen molar-refractivity contribution in [1.82, 2.24) is 0 Å². The molecule has 0 fully saturated rings. The summed E-state index contributed by atoms with van der Waals surface area (Å²) in [7, 11) is -4.17. The Labute approximate surface area is 101 Å². The summed E-state index contributed by atoms with van der Waals surface area (Å²) >= 11 is 0. The van der Waals surface area contributed by atoms with E-state index in [2.05, 4.69) is 0 Å². The molecule has 0 aliphatic carbocycles. The van der Waals surface area contributed by atoms with Gasteiger partial charge in [0.25, 0.3) is 0 Å². The van der Waals surface area contributed by atoms with Gasteiger partial charge < -0.3 is 0 Å². The van der Waals surface area contributed by atoms with Crippen LogP contribution in [0.4, 0.5) is 0 Å². The first-order chi connectivity index (χ1) is 7.91. The molecule has 4 heteroatoms. The van der Waals surface area contributed by atoms with Crippen molar-refractivity contribution in [3.63, 3.8) is 0 Å². The fourth-order valence-electron chi connectivity index (χ4n) is 1.88. The average Bonchev–Trinajstić information content (AvgIpc) is 2.27. The number of hydrogen-bond donors (Lipinski definition) is 2. The molecule has 0 aliphatic heterocycles. The standard InChI is InChI=1S/C13H17O3P/c1-3-16-17(2,14,15)13-9-8-11-6-4-5-7-12(11)10-13/h4-10,14-15H,3H2,1-2H3. The summed E-state index contributed by atoms with van der Waals surface area (Å²) in [5.74, 6) is 0. The molecule has 0 bridgehead atoms. The monoisotopic (exact) mass is 252 g/mol. The van der Waals surface area contributed by atoms with E-state index < -0.39 is 7.28 Å². The Morgan fingerprint density at radius 2 is 1.71 bits per heavy atom. The summed E-state index contributed by atoms with van der Waals surface area (Å²) in [5.41, 5.74) is 0. The van der Waals surface area contributed by atoms with Gasteiger partial charge >= 0.3 is 100 Å². The first-order valence-corrected chi connectivity index (χ1v) is 8.07. The van der Waals surface area contributed by atoms with Gasteiger partial charge in [-0.2, -0.15) is 0 Å². The van der Waals surface area contributed by atoms with E-state index in [0.717, 1.165) is 10.8 Å². The van der Waals surface area contributed by atoms with Gasteiger partial charge in [-0.05, 0) is 0 Å². The van der Waals surface area contributed by atoms with Crippen molar-refractivity contribution >= 4 is 23.4 Å². The molecule has 2 N–H and O–H groups in total. The summed E-state index contributed by atoms with van der Waals surface area (Å²) < 4.78 is 5.19. The van der Waals surface area contributed by atoms with Crippen molar-refractivity contribution in [3.8, 4) is 0 Å². The molecule has 3 nitrogen and oxygen atoms in total. The zero-order valence-electron chi connectivity index (χ0n) is 10.00. The van der Waals surface area contributed by atoms with Crippen LogP contribution in [0.2, 0.25) is 0 Å². The van der Waals surface area contributed by atoms with Crippen molar-refractivity contribution in [3.05, 3.63) is 42.5 Å². The van der Waals surface area contributed by atoms with Crippen LogP contribution in [0, 0.1) is 0 Å². The molecule has 2 aromatic carbocycles. The van der Waals surface area contributed by atoms with Gasteiger partial charge in [0, 0.05) is 0 Å². The number of rotatable bonds is 3. The third kappa shape index (κ3) is 2.48. The Kier molecular flexibility index (Phi) is 2.96. The van der Waals surface area contributed by atoms with Crippen LogP contribution in [-0.4, -0.2) is 23.1 Å². The minimum absolute atomic E-state index is 0.272. The molecular weight excluding hydrogens is 235 g/mol. The second-order valence-corrected chi connectivity index (χ2v) is 7.77. The zero-order chi connectivity index (χ0) is 12.5. The Hall–Kier alpha value is -0.990. The molecule has 0 saturated carbocycles. The average molecular weight is 252 g/mol. The molecule has 0 unspecified atom stereocenters. The number of hydrogen-bond acceptors (Lipinski definition) is 3. The topological polar surface area (TPSA) is 49.7 Å². The first-order valence-electron chi connectivity index (χ1n) is 5.56. The van der Waals surface area contributed by atoms with Gasteiger partial charge in [0.15, 0.2) is 0 Å². The van der Waals surface area contributed by atoms with Crippen molar-refractivity contribution in [1.29, 1.82) is 0 Å². The van der Waals surface area contributed by atoms with Gasteiger partial charge in [0.1, 0.15) is 0 Å². The SMILES string of the molecule is CCOP(C)(O)(O)c1ccc2ccccc2c1. The number of fused-ring (bicyclic) bond motifs is 1. The second-order valence-electron chi connectivity index (χ2n) is 4.30. The van der Waals surface area contributed by atoms with Crippen LogP contribution < -0.4 is 5.30 Å². The van der Waals surface area contributed by atoms with Gasteiger partial charge in [-0.1, -0.05) is 0 Å². The van der Waals surface area contributed by atoms with E-state index in [0.29, 0.717) is 5.30 Å². The van der Waals surface area contributed by atoms with Crippen LogP contribution in [0.3, 0.4) is 0 Å². The van der Waals surface area contributed by atoms with Crippen LogP contribution in [0.1, 0.15) is 6.92 Å². The molecule has 0 spiro atoms. The van der Waals surface area contributed by atoms with Gasteiger partial charge in [-0.15, -0.1) is 0 Å². The molecule has 0 heterocycles. The van der Waals surface area contributed by atoms with Crippen LogP contribution in [-0.2, 0) is 4.52 Å². The Balaban J connectivity index is 2.56. The minimum atomic E-state index is -4.17. The third-order valence-electron chi connectivity index (χ3n) is 2.77. The predicted molar refractivity (Wildman–Crippen MR) is 72.5 cm³/mol. The van der Waals surface area contributed by atoms with Crippen molar-refractivity contribution in [2.24, 2.45) is 0 Å². The molecule has 0 atom stereocenters. The fraction of sp³-hybridized carbons (Fsp3) is 0.231. The normalized spacial score (nSPS) is 14.5. The molecule has 0 amide bonds. The maximum absolute atomic E-state index is 10.3. The molecule has 0 aromatic heterocycles. The number of benzene rings is 2. The van der Waals surface area contributed by atoms with Crippen LogP contribution in [0.15, 0.2) is 42.5 Å². The third-order valence-corrected chi connectivity index (χ3v) is 5.11. The van der Waals surface area contributed by atoms with Crippen molar-refractivity contribution in [2.45, 2.75) is 6.92 Å². The Morgan fingerprint density at radius 1 is 1.06 bits per heavy atom. The van der Waals surface area contributed by atoms with Gasteiger partial charge in [0.05, 0.1) is 0 Å². The van der Waals surface area contributed by atoms with Gasteiger partial charge in [-0.25, -0.2) is 0 Å². The molecule has 0 radical (unpaired) electrons. The van der Waals surface area contributed by atoms with E-state index in [4.69, 9.17) is 4.52 Å². The van der Waals surface area contributed by atoms with E-state index in [1.807, 2.05) is 30.3 Å². The molecule has 17 heavy (non-hydrogen) atoms. The summed E-state index contributed by atoms with van der Waals surface area (Å²) in [6.07, 6.45) is 0. The Morgan fingerprint density at radius 3 is 2.35 bits per heavy atom. The maximum atomic E-state index is 10.3. The molecule has 2 rings (SSSR count).